The third-order valence-electron chi connectivity index (χ3n) is 3.32. The minimum absolute atomic E-state index is 0.00957. The number of carboxylic acid groups (broad SMARTS) is 1. The molecule has 0 unspecified atom stereocenters. The number of nitrogens with zero attached hydrogens (tertiary/aromatic N) is 4. The molecule has 8 nitrogen and oxygen atoms in total. The number of aromatic carboxylic acids is 1. The summed E-state index contributed by atoms with van der Waals surface area (Å²) in [5.41, 5.74) is 0.527. The first-order chi connectivity index (χ1) is 12.0. The largest absolute Gasteiger partial charge is 0.476 e. The van der Waals surface area contributed by atoms with E-state index in [1.807, 2.05) is 0 Å². The van der Waals surface area contributed by atoms with Crippen LogP contribution in [0.15, 0.2) is 52.8 Å². The number of aromatic nitrogens is 2. The Balaban J connectivity index is 2.14. The van der Waals surface area contributed by atoms with Gasteiger partial charge in [-0.3, -0.25) is 4.40 Å². The van der Waals surface area contributed by atoms with Crippen LogP contribution in [0.1, 0.15) is 20.8 Å². The first-order valence-corrected chi connectivity index (χ1v) is 7.39. The van der Waals surface area contributed by atoms with Crippen LogP contribution in [0.5, 0.6) is 0 Å². The lowest BCUT2D eigenvalue weighted by Crippen LogP contribution is -2.00. The maximum Gasteiger partial charge on any atom is 0.358 e. The zero-order valence-corrected chi connectivity index (χ0v) is 13.6. The third-order valence-corrected chi connectivity index (χ3v) is 3.55. The van der Waals surface area contributed by atoms with Crippen molar-refractivity contribution in [1.29, 1.82) is 0 Å². The summed E-state index contributed by atoms with van der Waals surface area (Å²) in [6.07, 6.45) is 1.48. The minimum atomic E-state index is -1.25. The van der Waals surface area contributed by atoms with Gasteiger partial charge in [-0.05, 0) is 24.3 Å². The molecule has 9 heteroatoms. The number of halogens is 1. The van der Waals surface area contributed by atoms with E-state index < -0.39 is 11.9 Å². The number of methoxy groups -OCH3 is 1. The van der Waals surface area contributed by atoms with Crippen molar-refractivity contribution < 1.29 is 19.4 Å². The molecule has 0 saturated heterocycles. The van der Waals surface area contributed by atoms with Crippen LogP contribution in [0, 0.1) is 0 Å². The summed E-state index contributed by atoms with van der Waals surface area (Å²) in [6.45, 7) is 0. The van der Waals surface area contributed by atoms with Gasteiger partial charge < -0.3 is 9.84 Å². The van der Waals surface area contributed by atoms with Crippen LogP contribution in [0.25, 0.3) is 5.65 Å². The molecular formula is C16H11ClN4O4. The van der Waals surface area contributed by atoms with Crippen LogP contribution in [0.2, 0.25) is 5.02 Å². The zero-order valence-electron chi connectivity index (χ0n) is 12.9. The summed E-state index contributed by atoms with van der Waals surface area (Å²) in [5.74, 6) is -1.84. The second-order valence-electron chi connectivity index (χ2n) is 4.87. The number of rotatable bonds is 4. The number of pyridine rings is 1. The average molecular weight is 359 g/mol. The quantitative estimate of drug-likeness (QED) is 0.562. The Morgan fingerprint density at radius 2 is 1.96 bits per heavy atom. The molecule has 0 atom stereocenters. The normalized spacial score (nSPS) is 11.1. The average Bonchev–Trinajstić information content (AvgIpc) is 2.97. The van der Waals surface area contributed by atoms with E-state index in [1.165, 1.54) is 23.8 Å². The van der Waals surface area contributed by atoms with E-state index in [4.69, 9.17) is 16.3 Å². The van der Waals surface area contributed by atoms with Crippen molar-refractivity contribution in [2.45, 2.75) is 0 Å². The molecule has 0 saturated carbocycles. The molecule has 0 fully saturated rings. The molecule has 3 rings (SSSR count). The Hall–Kier alpha value is -3.26. The molecule has 2 heterocycles. The lowest BCUT2D eigenvalue weighted by atomic mass is 10.2. The van der Waals surface area contributed by atoms with Gasteiger partial charge in [0.05, 0.1) is 17.7 Å². The molecule has 0 aliphatic heterocycles. The van der Waals surface area contributed by atoms with Gasteiger partial charge in [-0.1, -0.05) is 23.7 Å². The zero-order chi connectivity index (χ0) is 18.0. The third kappa shape index (κ3) is 3.20. The smallest absolute Gasteiger partial charge is 0.358 e. The Morgan fingerprint density at radius 3 is 2.68 bits per heavy atom. The topological polar surface area (TPSA) is 106 Å². The van der Waals surface area contributed by atoms with Gasteiger partial charge in [0, 0.05) is 6.20 Å². The Labute approximate surface area is 146 Å². The van der Waals surface area contributed by atoms with Gasteiger partial charge in [0.15, 0.2) is 11.5 Å². The van der Waals surface area contributed by atoms with Crippen molar-refractivity contribution in [3.63, 3.8) is 0 Å². The van der Waals surface area contributed by atoms with E-state index in [1.54, 1.807) is 30.3 Å². The van der Waals surface area contributed by atoms with Crippen LogP contribution in [0.4, 0.5) is 11.5 Å². The molecule has 2 aromatic heterocycles. The standard InChI is InChI=1S/C16H11ClN4O4/c1-25-16(24)10-4-2-3-5-11(10)19-20-14-13(15(22)23)18-12-7-6-9(17)8-21(12)14/h2-8H,1H3,(H,22,23). The van der Waals surface area contributed by atoms with Crippen LogP contribution in [-0.4, -0.2) is 33.5 Å². The van der Waals surface area contributed by atoms with Crippen molar-refractivity contribution in [1.82, 2.24) is 9.38 Å². The fourth-order valence-corrected chi connectivity index (χ4v) is 2.35. The summed E-state index contributed by atoms with van der Waals surface area (Å²) in [5, 5.41) is 17.7. The molecule has 0 amide bonds. The SMILES string of the molecule is COC(=O)c1ccccc1N=Nc1c(C(=O)O)nc2ccc(Cl)cn12. The van der Waals surface area contributed by atoms with Crippen molar-refractivity contribution >= 4 is 40.7 Å². The summed E-state index contributed by atoms with van der Waals surface area (Å²) in [4.78, 5) is 27.2. The highest BCUT2D eigenvalue weighted by Gasteiger charge is 2.19. The lowest BCUT2D eigenvalue weighted by Gasteiger charge is -2.02. The number of hydrogen-bond acceptors (Lipinski definition) is 6. The number of benzene rings is 1. The van der Waals surface area contributed by atoms with E-state index >= 15 is 0 Å². The Bertz CT molecular complexity index is 1010. The predicted octanol–water partition coefficient (Wildman–Crippen LogP) is 3.89. The van der Waals surface area contributed by atoms with Gasteiger partial charge in [0.25, 0.3) is 0 Å². The molecule has 25 heavy (non-hydrogen) atoms. The molecule has 0 bridgehead atoms. The van der Waals surface area contributed by atoms with Crippen molar-refractivity contribution in [2.24, 2.45) is 10.2 Å². The number of carbonyl (C=O) groups is 2. The molecular weight excluding hydrogens is 348 g/mol. The highest BCUT2D eigenvalue weighted by Crippen LogP contribution is 2.27. The summed E-state index contributed by atoms with van der Waals surface area (Å²) >= 11 is 5.95. The maximum absolute atomic E-state index is 11.8. The number of esters is 1. The lowest BCUT2D eigenvalue weighted by molar-refractivity contribution is 0.0600. The van der Waals surface area contributed by atoms with Crippen LogP contribution >= 0.6 is 11.6 Å². The second-order valence-corrected chi connectivity index (χ2v) is 5.31. The number of ether oxygens (including phenoxy) is 1. The fourth-order valence-electron chi connectivity index (χ4n) is 2.19. The van der Waals surface area contributed by atoms with Crippen LogP contribution in [-0.2, 0) is 4.74 Å². The monoisotopic (exact) mass is 358 g/mol. The highest BCUT2D eigenvalue weighted by molar-refractivity contribution is 6.30. The first kappa shape index (κ1) is 16.6. The Kier molecular flexibility index (Phi) is 4.44. The molecule has 126 valence electrons. The molecule has 0 radical (unpaired) electrons. The minimum Gasteiger partial charge on any atom is -0.476 e. The van der Waals surface area contributed by atoms with Crippen LogP contribution < -0.4 is 0 Å². The van der Waals surface area contributed by atoms with Crippen molar-refractivity contribution in [2.75, 3.05) is 7.11 Å². The predicted molar refractivity (Wildman–Crippen MR) is 89.1 cm³/mol. The number of carbonyl (C=O) groups excluding carboxylic acids is 1. The van der Waals surface area contributed by atoms with Gasteiger partial charge in [0.2, 0.25) is 0 Å². The van der Waals surface area contributed by atoms with Gasteiger partial charge in [0.1, 0.15) is 11.3 Å². The van der Waals surface area contributed by atoms with E-state index in [2.05, 4.69) is 15.2 Å². The Morgan fingerprint density at radius 1 is 1.20 bits per heavy atom. The maximum atomic E-state index is 11.8. The van der Waals surface area contributed by atoms with E-state index in [0.717, 1.165) is 0 Å². The first-order valence-electron chi connectivity index (χ1n) is 7.01. The number of azo groups is 1. The number of fused-ring (bicyclic) bond motifs is 1. The van der Waals surface area contributed by atoms with E-state index in [-0.39, 0.29) is 22.8 Å². The summed E-state index contributed by atoms with van der Waals surface area (Å²) < 4.78 is 6.10. The van der Waals surface area contributed by atoms with Gasteiger partial charge in [-0.25, -0.2) is 14.6 Å². The number of hydrogen-bond donors (Lipinski definition) is 1. The summed E-state index contributed by atoms with van der Waals surface area (Å²) in [6, 6.07) is 9.57. The highest BCUT2D eigenvalue weighted by atomic mass is 35.5. The van der Waals surface area contributed by atoms with Crippen molar-refractivity contribution in [3.05, 3.63) is 58.9 Å². The molecule has 1 aromatic carbocycles. The molecule has 1 N–H and O–H groups in total. The molecule has 3 aromatic rings. The van der Waals surface area contributed by atoms with Gasteiger partial charge >= 0.3 is 11.9 Å². The van der Waals surface area contributed by atoms with Gasteiger partial charge in [-0.2, -0.15) is 0 Å². The van der Waals surface area contributed by atoms with Crippen LogP contribution in [0.3, 0.4) is 0 Å². The van der Waals surface area contributed by atoms with Gasteiger partial charge in [-0.15, -0.1) is 10.2 Å². The molecule has 0 spiro atoms. The summed E-state index contributed by atoms with van der Waals surface area (Å²) in [7, 11) is 1.26. The number of imidazole rings is 1. The van der Waals surface area contributed by atoms with E-state index in [9.17, 15) is 14.7 Å². The molecule has 0 aliphatic carbocycles. The fraction of sp³-hybridized carbons (Fsp3) is 0.0625. The number of carboxylic acids is 1. The second kappa shape index (κ2) is 6.70. The van der Waals surface area contributed by atoms with Crippen molar-refractivity contribution in [3.8, 4) is 0 Å². The molecule has 0 aliphatic rings. The van der Waals surface area contributed by atoms with E-state index in [0.29, 0.717) is 10.7 Å².